The van der Waals surface area contributed by atoms with Crippen molar-refractivity contribution in [3.05, 3.63) is 28.8 Å². The lowest BCUT2D eigenvalue weighted by Gasteiger charge is -2.02. The minimum absolute atomic E-state index is 0.529. The fourth-order valence-corrected chi connectivity index (χ4v) is 1.51. The second kappa shape index (κ2) is 4.10. The molecule has 0 aromatic heterocycles. The van der Waals surface area contributed by atoms with Crippen LogP contribution in [-0.4, -0.2) is 5.76 Å². The van der Waals surface area contributed by atoms with Gasteiger partial charge in [0.15, 0.2) is 0 Å². The van der Waals surface area contributed by atoms with Crippen LogP contribution in [0.15, 0.2) is 23.1 Å². The fraction of sp³-hybridized carbons (Fsp3) is 0.250. The van der Waals surface area contributed by atoms with E-state index in [9.17, 15) is 8.78 Å². The van der Waals surface area contributed by atoms with E-state index in [1.54, 1.807) is 25.1 Å². The van der Waals surface area contributed by atoms with Gasteiger partial charge in [-0.25, -0.2) is 0 Å². The number of benzene rings is 1. The number of thioether (sulfide) groups is 1. The normalized spacial score (nSPS) is 10.8. The Bertz CT molecular complexity index is 276. The molecule has 0 nitrogen and oxygen atoms in total. The van der Waals surface area contributed by atoms with E-state index >= 15 is 0 Å². The third kappa shape index (κ3) is 2.64. The molecule has 0 bridgehead atoms. The van der Waals surface area contributed by atoms with Gasteiger partial charge in [-0.1, -0.05) is 23.4 Å². The zero-order valence-electron chi connectivity index (χ0n) is 6.35. The van der Waals surface area contributed by atoms with Crippen LogP contribution in [0.3, 0.4) is 0 Å². The standard InChI is InChI=1S/C8H7ClF2S/c1-5-4-6(12-8(10)11)2-3-7(5)9/h2-4,8H,1H3. The number of rotatable bonds is 2. The van der Waals surface area contributed by atoms with Gasteiger partial charge in [0.1, 0.15) is 0 Å². The zero-order chi connectivity index (χ0) is 9.14. The molecule has 66 valence electrons. The first-order valence-corrected chi connectivity index (χ1v) is 4.56. The molecule has 4 heteroatoms. The van der Waals surface area contributed by atoms with E-state index < -0.39 is 5.76 Å². The predicted octanol–water partition coefficient (Wildman–Crippen LogP) is 3.96. The first-order valence-electron chi connectivity index (χ1n) is 3.30. The Hall–Kier alpha value is -0.280. The van der Waals surface area contributed by atoms with E-state index in [1.807, 2.05) is 0 Å². The average Bonchev–Trinajstić information content (AvgIpc) is 1.96. The van der Waals surface area contributed by atoms with Crippen molar-refractivity contribution < 1.29 is 8.78 Å². The average molecular weight is 209 g/mol. The molecule has 0 saturated carbocycles. The molecule has 0 spiro atoms. The van der Waals surface area contributed by atoms with Crippen LogP contribution >= 0.6 is 23.4 Å². The van der Waals surface area contributed by atoms with Crippen LogP contribution in [0, 0.1) is 6.92 Å². The molecule has 0 radical (unpaired) electrons. The van der Waals surface area contributed by atoms with Crippen molar-refractivity contribution in [2.75, 3.05) is 0 Å². The van der Waals surface area contributed by atoms with Crippen LogP contribution in [0.4, 0.5) is 8.78 Å². The highest BCUT2D eigenvalue weighted by atomic mass is 35.5. The summed E-state index contributed by atoms with van der Waals surface area (Å²) in [6.45, 7) is 1.79. The molecule has 0 fully saturated rings. The van der Waals surface area contributed by atoms with Gasteiger partial charge in [-0.2, -0.15) is 8.78 Å². The Morgan fingerprint density at radius 2 is 2.08 bits per heavy atom. The quantitative estimate of drug-likeness (QED) is 0.663. The minimum Gasteiger partial charge on any atom is -0.198 e. The Balaban J connectivity index is 2.82. The molecule has 1 rings (SSSR count). The maximum absolute atomic E-state index is 11.9. The van der Waals surface area contributed by atoms with Crippen molar-refractivity contribution in [2.45, 2.75) is 17.6 Å². The Morgan fingerprint density at radius 1 is 1.42 bits per heavy atom. The monoisotopic (exact) mass is 208 g/mol. The molecule has 0 amide bonds. The smallest absolute Gasteiger partial charge is 0.198 e. The van der Waals surface area contributed by atoms with Crippen LogP contribution < -0.4 is 0 Å². The largest absolute Gasteiger partial charge is 0.288 e. The molecule has 0 saturated heterocycles. The first kappa shape index (κ1) is 9.81. The first-order chi connectivity index (χ1) is 5.59. The van der Waals surface area contributed by atoms with Gasteiger partial charge in [0.2, 0.25) is 0 Å². The van der Waals surface area contributed by atoms with Gasteiger partial charge in [-0.15, -0.1) is 0 Å². The Labute approximate surface area is 78.9 Å². The van der Waals surface area contributed by atoms with E-state index in [0.29, 0.717) is 21.7 Å². The van der Waals surface area contributed by atoms with E-state index in [4.69, 9.17) is 11.6 Å². The van der Waals surface area contributed by atoms with Crippen molar-refractivity contribution in [3.63, 3.8) is 0 Å². The third-order valence-electron chi connectivity index (χ3n) is 1.35. The molecule has 0 aliphatic rings. The molecule has 0 aliphatic carbocycles. The summed E-state index contributed by atoms with van der Waals surface area (Å²) in [6, 6.07) is 4.87. The highest BCUT2D eigenvalue weighted by Crippen LogP contribution is 2.28. The molecule has 1 aromatic carbocycles. The number of alkyl halides is 2. The lowest BCUT2D eigenvalue weighted by Crippen LogP contribution is -1.82. The summed E-state index contributed by atoms with van der Waals surface area (Å²) in [5.74, 6) is -2.37. The zero-order valence-corrected chi connectivity index (χ0v) is 7.92. The molecule has 0 unspecified atom stereocenters. The van der Waals surface area contributed by atoms with Crippen molar-refractivity contribution >= 4 is 23.4 Å². The van der Waals surface area contributed by atoms with Gasteiger partial charge in [-0.3, -0.25) is 0 Å². The second-order valence-electron chi connectivity index (χ2n) is 2.29. The Morgan fingerprint density at radius 3 is 2.58 bits per heavy atom. The number of hydrogen-bond donors (Lipinski definition) is 0. The van der Waals surface area contributed by atoms with Gasteiger partial charge in [0, 0.05) is 9.92 Å². The predicted molar refractivity (Wildman–Crippen MR) is 48.1 cm³/mol. The summed E-state index contributed by atoms with van der Waals surface area (Å²) in [6.07, 6.45) is 0. The molecule has 1 aromatic rings. The maximum atomic E-state index is 11.9. The van der Waals surface area contributed by atoms with Gasteiger partial charge >= 0.3 is 0 Å². The SMILES string of the molecule is Cc1cc(SC(F)F)ccc1Cl. The van der Waals surface area contributed by atoms with E-state index in [-0.39, 0.29) is 0 Å². The van der Waals surface area contributed by atoms with Gasteiger partial charge < -0.3 is 0 Å². The molecule has 0 aliphatic heterocycles. The molecular weight excluding hydrogens is 202 g/mol. The van der Waals surface area contributed by atoms with Crippen molar-refractivity contribution in [1.29, 1.82) is 0 Å². The van der Waals surface area contributed by atoms with Gasteiger partial charge in [-0.05, 0) is 30.7 Å². The molecule has 0 atom stereocenters. The summed E-state index contributed by atoms with van der Waals surface area (Å²) < 4.78 is 23.8. The minimum atomic E-state index is -2.37. The lowest BCUT2D eigenvalue weighted by atomic mass is 10.2. The van der Waals surface area contributed by atoms with Crippen LogP contribution in [0.5, 0.6) is 0 Å². The van der Waals surface area contributed by atoms with E-state index in [0.717, 1.165) is 5.56 Å². The van der Waals surface area contributed by atoms with Gasteiger partial charge in [0.25, 0.3) is 5.76 Å². The number of hydrogen-bond acceptors (Lipinski definition) is 1. The maximum Gasteiger partial charge on any atom is 0.288 e. The van der Waals surface area contributed by atoms with E-state index in [1.165, 1.54) is 0 Å². The van der Waals surface area contributed by atoms with E-state index in [2.05, 4.69) is 0 Å². The van der Waals surface area contributed by atoms with Crippen LogP contribution in [0.1, 0.15) is 5.56 Å². The fourth-order valence-electron chi connectivity index (χ4n) is 0.793. The highest BCUT2D eigenvalue weighted by Gasteiger charge is 2.05. The molecule has 0 heterocycles. The Kier molecular flexibility index (Phi) is 3.35. The summed E-state index contributed by atoms with van der Waals surface area (Å²) in [5.41, 5.74) is 0.822. The summed E-state index contributed by atoms with van der Waals surface area (Å²) in [7, 11) is 0. The van der Waals surface area contributed by atoms with Crippen molar-refractivity contribution in [3.8, 4) is 0 Å². The van der Waals surface area contributed by atoms with Crippen molar-refractivity contribution in [2.24, 2.45) is 0 Å². The van der Waals surface area contributed by atoms with Crippen LogP contribution in [-0.2, 0) is 0 Å². The third-order valence-corrected chi connectivity index (χ3v) is 2.48. The molecule has 0 N–H and O–H groups in total. The number of halogens is 3. The highest BCUT2D eigenvalue weighted by molar-refractivity contribution is 7.99. The van der Waals surface area contributed by atoms with Gasteiger partial charge in [0.05, 0.1) is 0 Å². The lowest BCUT2D eigenvalue weighted by molar-refractivity contribution is 0.252. The summed E-state index contributed by atoms with van der Waals surface area (Å²) in [5, 5.41) is 0.605. The topological polar surface area (TPSA) is 0 Å². The van der Waals surface area contributed by atoms with Crippen molar-refractivity contribution in [1.82, 2.24) is 0 Å². The summed E-state index contributed by atoms with van der Waals surface area (Å²) in [4.78, 5) is 0.548. The molecule has 12 heavy (non-hydrogen) atoms. The second-order valence-corrected chi connectivity index (χ2v) is 3.76. The van der Waals surface area contributed by atoms with Crippen LogP contribution in [0.2, 0.25) is 5.02 Å². The molecular formula is C8H7ClF2S. The number of aryl methyl sites for hydroxylation is 1. The summed E-state index contributed by atoms with van der Waals surface area (Å²) >= 11 is 6.25. The van der Waals surface area contributed by atoms with Crippen LogP contribution in [0.25, 0.3) is 0 Å².